The second kappa shape index (κ2) is 11.5. The average molecular weight is 414 g/mol. The molecule has 0 spiro atoms. The molecule has 0 bridgehead atoms. The fraction of sp³-hybridized carbons (Fsp3) is 0.318. The molecule has 0 aliphatic heterocycles. The summed E-state index contributed by atoms with van der Waals surface area (Å²) in [6.45, 7) is 1.03. The van der Waals surface area contributed by atoms with Crippen molar-refractivity contribution in [3.63, 3.8) is 0 Å². The Kier molecular flexibility index (Phi) is 8.68. The monoisotopic (exact) mass is 414 g/mol. The molecule has 160 valence electrons. The number of anilines is 1. The summed E-state index contributed by atoms with van der Waals surface area (Å²) < 4.78 is 15.2. The molecule has 0 aliphatic rings. The van der Waals surface area contributed by atoms with Gasteiger partial charge in [-0.25, -0.2) is 4.79 Å². The third-order valence-electron chi connectivity index (χ3n) is 4.25. The highest BCUT2D eigenvalue weighted by Gasteiger charge is 2.16. The van der Waals surface area contributed by atoms with E-state index in [0.29, 0.717) is 17.2 Å². The van der Waals surface area contributed by atoms with Crippen LogP contribution in [0.4, 0.5) is 5.69 Å². The number of aryl methyl sites for hydroxylation is 1. The standard InChI is InChI=1S/C22H26N2O6/c1-4-16-7-5-6-8-19(16)23-20(25)13-24(2)21(26)14-30-22(27)15-29-18-11-9-17(28-3)10-12-18/h5-12H,4,13-15H2,1-3H3,(H,23,25). The molecule has 0 fully saturated rings. The summed E-state index contributed by atoms with van der Waals surface area (Å²) in [4.78, 5) is 37.3. The van der Waals surface area contributed by atoms with Gasteiger partial charge in [0.25, 0.3) is 5.91 Å². The molecule has 2 aromatic rings. The Hall–Kier alpha value is -3.55. The average Bonchev–Trinajstić information content (AvgIpc) is 2.76. The van der Waals surface area contributed by atoms with Gasteiger partial charge in [0.1, 0.15) is 11.5 Å². The number of carbonyl (C=O) groups is 3. The zero-order valence-corrected chi connectivity index (χ0v) is 17.3. The normalized spacial score (nSPS) is 10.1. The van der Waals surface area contributed by atoms with Crippen LogP contribution in [0.15, 0.2) is 48.5 Å². The zero-order chi connectivity index (χ0) is 21.9. The van der Waals surface area contributed by atoms with Gasteiger partial charge in [0, 0.05) is 12.7 Å². The van der Waals surface area contributed by atoms with Gasteiger partial charge in [-0.2, -0.15) is 0 Å². The quantitative estimate of drug-likeness (QED) is 0.600. The van der Waals surface area contributed by atoms with Crippen LogP contribution in [0.1, 0.15) is 12.5 Å². The van der Waals surface area contributed by atoms with E-state index in [1.807, 2.05) is 31.2 Å². The number of benzene rings is 2. The lowest BCUT2D eigenvalue weighted by atomic mass is 10.1. The first kappa shape index (κ1) is 22.7. The Bertz CT molecular complexity index is 866. The van der Waals surface area contributed by atoms with Gasteiger partial charge in [-0.1, -0.05) is 25.1 Å². The van der Waals surface area contributed by atoms with Gasteiger partial charge in [-0.15, -0.1) is 0 Å². The minimum atomic E-state index is -0.686. The van der Waals surface area contributed by atoms with Crippen molar-refractivity contribution in [3.8, 4) is 11.5 Å². The van der Waals surface area contributed by atoms with Crippen LogP contribution in [-0.4, -0.2) is 56.6 Å². The molecule has 0 atom stereocenters. The number of carbonyl (C=O) groups excluding carboxylic acids is 3. The first-order valence-electron chi connectivity index (χ1n) is 9.47. The Morgan fingerprint density at radius 2 is 1.63 bits per heavy atom. The molecule has 2 rings (SSSR count). The number of rotatable bonds is 10. The molecule has 0 heterocycles. The van der Waals surface area contributed by atoms with Crippen LogP contribution in [0.5, 0.6) is 11.5 Å². The van der Waals surface area contributed by atoms with E-state index >= 15 is 0 Å². The van der Waals surface area contributed by atoms with Crippen LogP contribution >= 0.6 is 0 Å². The van der Waals surface area contributed by atoms with Crippen LogP contribution in [0.2, 0.25) is 0 Å². The van der Waals surface area contributed by atoms with Gasteiger partial charge < -0.3 is 24.4 Å². The number of nitrogens with zero attached hydrogens (tertiary/aromatic N) is 1. The number of amides is 2. The van der Waals surface area contributed by atoms with Gasteiger partial charge in [0.05, 0.1) is 13.7 Å². The van der Waals surface area contributed by atoms with Crippen molar-refractivity contribution < 1.29 is 28.6 Å². The van der Waals surface area contributed by atoms with E-state index in [0.717, 1.165) is 12.0 Å². The predicted molar refractivity (Wildman–Crippen MR) is 112 cm³/mol. The van der Waals surface area contributed by atoms with E-state index in [2.05, 4.69) is 5.32 Å². The summed E-state index contributed by atoms with van der Waals surface area (Å²) in [6.07, 6.45) is 0.778. The fourth-order valence-electron chi connectivity index (χ4n) is 2.55. The first-order valence-corrected chi connectivity index (χ1v) is 9.47. The maximum Gasteiger partial charge on any atom is 0.344 e. The molecule has 0 aliphatic carbocycles. The molecule has 1 N–H and O–H groups in total. The van der Waals surface area contributed by atoms with Gasteiger partial charge in [-0.3, -0.25) is 9.59 Å². The second-order valence-electron chi connectivity index (χ2n) is 6.43. The summed E-state index contributed by atoms with van der Waals surface area (Å²) >= 11 is 0. The molecule has 30 heavy (non-hydrogen) atoms. The number of nitrogens with one attached hydrogen (secondary N) is 1. The highest BCUT2D eigenvalue weighted by molar-refractivity contribution is 5.95. The molecule has 8 nitrogen and oxygen atoms in total. The topological polar surface area (TPSA) is 94.2 Å². The largest absolute Gasteiger partial charge is 0.497 e. The number of methoxy groups -OCH3 is 1. The summed E-state index contributed by atoms with van der Waals surface area (Å²) in [6, 6.07) is 14.2. The summed E-state index contributed by atoms with van der Waals surface area (Å²) in [5.74, 6) is -0.373. The van der Waals surface area contributed by atoms with Crippen LogP contribution in [0, 0.1) is 0 Å². The van der Waals surface area contributed by atoms with E-state index in [-0.39, 0.29) is 19.1 Å². The Balaban J connectivity index is 1.72. The van der Waals surface area contributed by atoms with Crippen molar-refractivity contribution in [2.45, 2.75) is 13.3 Å². The highest BCUT2D eigenvalue weighted by Crippen LogP contribution is 2.17. The first-order chi connectivity index (χ1) is 14.4. The van der Waals surface area contributed by atoms with Crippen molar-refractivity contribution in [1.29, 1.82) is 0 Å². The van der Waals surface area contributed by atoms with Crippen LogP contribution in [0.25, 0.3) is 0 Å². The summed E-state index contributed by atoms with van der Waals surface area (Å²) in [5, 5.41) is 2.79. The van der Waals surface area contributed by atoms with Gasteiger partial charge >= 0.3 is 5.97 Å². The highest BCUT2D eigenvalue weighted by atomic mass is 16.6. The Morgan fingerprint density at radius 1 is 0.967 bits per heavy atom. The van der Waals surface area contributed by atoms with E-state index in [9.17, 15) is 14.4 Å². The van der Waals surface area contributed by atoms with Crippen molar-refractivity contribution >= 4 is 23.5 Å². The lowest BCUT2D eigenvalue weighted by molar-refractivity contribution is -0.153. The number of hydrogen-bond acceptors (Lipinski definition) is 6. The molecular weight excluding hydrogens is 388 g/mol. The van der Waals surface area contributed by atoms with Gasteiger partial charge in [0.2, 0.25) is 5.91 Å². The molecule has 2 amide bonds. The molecule has 0 saturated carbocycles. The van der Waals surface area contributed by atoms with Crippen LogP contribution in [0.3, 0.4) is 0 Å². The maximum atomic E-state index is 12.2. The van der Waals surface area contributed by atoms with E-state index in [1.165, 1.54) is 11.9 Å². The number of hydrogen-bond donors (Lipinski definition) is 1. The number of likely N-dealkylation sites (N-methyl/N-ethyl adjacent to an activating group) is 1. The SMILES string of the molecule is CCc1ccccc1NC(=O)CN(C)C(=O)COC(=O)COc1ccc(OC)cc1. The third-order valence-corrected chi connectivity index (χ3v) is 4.25. The van der Waals surface area contributed by atoms with E-state index < -0.39 is 18.5 Å². The van der Waals surface area contributed by atoms with Gasteiger partial charge in [-0.05, 0) is 42.3 Å². The number of para-hydroxylation sites is 1. The van der Waals surface area contributed by atoms with Crippen LogP contribution in [-0.2, 0) is 25.5 Å². The van der Waals surface area contributed by atoms with Crippen molar-refractivity contribution in [1.82, 2.24) is 4.90 Å². The number of esters is 1. The molecular formula is C22H26N2O6. The predicted octanol–water partition coefficient (Wildman–Crippen LogP) is 2.28. The summed E-state index contributed by atoms with van der Waals surface area (Å²) in [7, 11) is 3.02. The molecule has 0 saturated heterocycles. The summed E-state index contributed by atoms with van der Waals surface area (Å²) in [5.41, 5.74) is 1.72. The molecule has 2 aromatic carbocycles. The lowest BCUT2D eigenvalue weighted by Crippen LogP contribution is -2.37. The minimum Gasteiger partial charge on any atom is -0.497 e. The van der Waals surface area contributed by atoms with Crippen molar-refractivity contribution in [2.24, 2.45) is 0 Å². The van der Waals surface area contributed by atoms with Crippen molar-refractivity contribution in [3.05, 3.63) is 54.1 Å². The van der Waals surface area contributed by atoms with E-state index in [1.54, 1.807) is 31.4 Å². The molecule has 0 aromatic heterocycles. The smallest absolute Gasteiger partial charge is 0.344 e. The zero-order valence-electron chi connectivity index (χ0n) is 17.3. The Labute approximate surface area is 175 Å². The van der Waals surface area contributed by atoms with E-state index in [4.69, 9.17) is 14.2 Å². The third kappa shape index (κ3) is 7.12. The van der Waals surface area contributed by atoms with Gasteiger partial charge in [0.15, 0.2) is 13.2 Å². The number of ether oxygens (including phenoxy) is 3. The fourth-order valence-corrected chi connectivity index (χ4v) is 2.55. The molecule has 8 heteroatoms. The maximum absolute atomic E-state index is 12.2. The second-order valence-corrected chi connectivity index (χ2v) is 6.43. The minimum absolute atomic E-state index is 0.156. The lowest BCUT2D eigenvalue weighted by Gasteiger charge is -2.17. The van der Waals surface area contributed by atoms with Crippen LogP contribution < -0.4 is 14.8 Å². The molecule has 0 unspecified atom stereocenters. The van der Waals surface area contributed by atoms with Crippen molar-refractivity contribution in [2.75, 3.05) is 39.2 Å². The molecule has 0 radical (unpaired) electrons. The Morgan fingerprint density at radius 3 is 2.30 bits per heavy atom.